The van der Waals surface area contributed by atoms with Crippen LogP contribution in [0.15, 0.2) is 45.5 Å². The number of nitrogens with zero attached hydrogens (tertiary/aromatic N) is 1. The highest BCUT2D eigenvalue weighted by Gasteiger charge is 2.21. The number of aromatic nitrogens is 1. The number of nitrogen functional groups attached to an aromatic ring is 1. The lowest BCUT2D eigenvalue weighted by molar-refractivity contribution is 0.436. The number of hydrogen-bond donors (Lipinski definition) is 1. The zero-order valence-electron chi connectivity index (χ0n) is 9.56. The normalized spacial score (nSPS) is 10.8. The molecule has 3 aromatic rings. The number of benzene rings is 1. The van der Waals surface area contributed by atoms with E-state index < -0.39 is 5.82 Å². The zero-order chi connectivity index (χ0) is 13.4. The lowest BCUT2D eigenvalue weighted by atomic mass is 10.0. The third-order valence-electron chi connectivity index (χ3n) is 2.67. The van der Waals surface area contributed by atoms with Gasteiger partial charge in [-0.05, 0) is 30.3 Å². The smallest absolute Gasteiger partial charge is 0.230 e. The Hall–Kier alpha value is -2.27. The summed E-state index contributed by atoms with van der Waals surface area (Å²) in [5, 5.41) is 4.08. The van der Waals surface area contributed by atoms with Gasteiger partial charge in [0.05, 0.1) is 16.8 Å². The fourth-order valence-electron chi connectivity index (χ4n) is 1.84. The molecular weight excluding hydrogens is 271 g/mol. The summed E-state index contributed by atoms with van der Waals surface area (Å²) in [4.78, 5) is 0. The maximum absolute atomic E-state index is 13.1. The summed E-state index contributed by atoms with van der Waals surface area (Å²) in [7, 11) is 0. The minimum atomic E-state index is -0.427. The Morgan fingerprint density at radius 1 is 1.26 bits per heavy atom. The number of anilines is 1. The van der Waals surface area contributed by atoms with Crippen LogP contribution in [0, 0.1) is 5.82 Å². The van der Waals surface area contributed by atoms with E-state index in [1.165, 1.54) is 24.5 Å². The second-order valence-corrected chi connectivity index (χ2v) is 4.28. The lowest BCUT2D eigenvalue weighted by Crippen LogP contribution is -1.89. The van der Waals surface area contributed by atoms with Crippen molar-refractivity contribution in [3.8, 4) is 22.6 Å². The maximum Gasteiger partial charge on any atom is 0.230 e. The second kappa shape index (κ2) is 4.44. The molecule has 0 aliphatic rings. The third kappa shape index (κ3) is 1.98. The van der Waals surface area contributed by atoms with Crippen molar-refractivity contribution in [1.29, 1.82) is 0 Å². The van der Waals surface area contributed by atoms with Gasteiger partial charge in [-0.25, -0.2) is 4.39 Å². The Kier molecular flexibility index (Phi) is 2.76. The van der Waals surface area contributed by atoms with Gasteiger partial charge in [0.2, 0.25) is 5.88 Å². The quantitative estimate of drug-likeness (QED) is 0.770. The van der Waals surface area contributed by atoms with Gasteiger partial charge in [-0.3, -0.25) is 0 Å². The Balaban J connectivity index is 2.22. The number of hydrogen-bond acceptors (Lipinski definition) is 4. The molecule has 2 heterocycles. The van der Waals surface area contributed by atoms with Gasteiger partial charge in [-0.2, -0.15) is 0 Å². The van der Waals surface area contributed by atoms with Crippen LogP contribution in [0.5, 0.6) is 0 Å². The Bertz CT molecular complexity index is 722. The molecule has 0 unspecified atom stereocenters. The first kappa shape index (κ1) is 11.8. The molecule has 0 spiro atoms. The van der Waals surface area contributed by atoms with Crippen LogP contribution in [0.25, 0.3) is 22.6 Å². The van der Waals surface area contributed by atoms with Crippen molar-refractivity contribution in [3.05, 3.63) is 47.4 Å². The van der Waals surface area contributed by atoms with Crippen molar-refractivity contribution < 1.29 is 13.3 Å². The fraction of sp³-hybridized carbons (Fsp3) is 0. The topological polar surface area (TPSA) is 65.2 Å². The maximum atomic E-state index is 13.1. The van der Waals surface area contributed by atoms with Crippen LogP contribution in [0.2, 0.25) is 5.02 Å². The van der Waals surface area contributed by atoms with Gasteiger partial charge >= 0.3 is 0 Å². The summed E-state index contributed by atoms with van der Waals surface area (Å²) in [6.45, 7) is 0. The first-order valence-corrected chi connectivity index (χ1v) is 5.79. The van der Waals surface area contributed by atoms with E-state index >= 15 is 0 Å². The molecule has 0 radical (unpaired) electrons. The third-order valence-corrected chi connectivity index (χ3v) is 2.99. The van der Waals surface area contributed by atoms with Crippen LogP contribution >= 0.6 is 11.6 Å². The number of rotatable bonds is 2. The molecule has 0 saturated heterocycles. The van der Waals surface area contributed by atoms with Gasteiger partial charge < -0.3 is 14.7 Å². The first-order valence-electron chi connectivity index (χ1n) is 5.41. The molecule has 0 aliphatic heterocycles. The predicted molar refractivity (Wildman–Crippen MR) is 69.0 cm³/mol. The molecule has 0 aliphatic carbocycles. The fourth-order valence-corrected chi connectivity index (χ4v) is 2.10. The van der Waals surface area contributed by atoms with E-state index in [0.29, 0.717) is 22.6 Å². The molecule has 19 heavy (non-hydrogen) atoms. The van der Waals surface area contributed by atoms with E-state index in [-0.39, 0.29) is 10.9 Å². The Morgan fingerprint density at radius 3 is 2.79 bits per heavy atom. The average Bonchev–Trinajstić information content (AvgIpc) is 2.99. The minimum absolute atomic E-state index is 0.0971. The van der Waals surface area contributed by atoms with Crippen LogP contribution in [0.1, 0.15) is 0 Å². The van der Waals surface area contributed by atoms with Crippen molar-refractivity contribution in [2.45, 2.75) is 0 Å². The van der Waals surface area contributed by atoms with Crippen LogP contribution in [0.3, 0.4) is 0 Å². The summed E-state index contributed by atoms with van der Waals surface area (Å²) in [5.74, 6) is 0.166. The number of furan rings is 1. The molecular formula is C13H8ClFN2O2. The first-order chi connectivity index (χ1) is 9.16. The summed E-state index contributed by atoms with van der Waals surface area (Å²) in [6, 6.07) is 7.45. The SMILES string of the molecule is Nc1onc(-c2ccco2)c1-c1ccc(F)cc1Cl. The molecule has 0 amide bonds. The van der Waals surface area contributed by atoms with Crippen LogP contribution in [-0.2, 0) is 0 Å². The second-order valence-electron chi connectivity index (χ2n) is 3.87. The highest BCUT2D eigenvalue weighted by molar-refractivity contribution is 6.33. The summed E-state index contributed by atoms with van der Waals surface area (Å²) in [6.07, 6.45) is 1.51. The molecule has 4 nitrogen and oxygen atoms in total. The van der Waals surface area contributed by atoms with E-state index in [4.69, 9.17) is 26.3 Å². The van der Waals surface area contributed by atoms with Crippen molar-refractivity contribution >= 4 is 17.5 Å². The minimum Gasteiger partial charge on any atom is -0.463 e. The molecule has 0 atom stereocenters. The van der Waals surface area contributed by atoms with E-state index in [1.54, 1.807) is 12.1 Å². The summed E-state index contributed by atoms with van der Waals surface area (Å²) < 4.78 is 23.3. The van der Waals surface area contributed by atoms with Gasteiger partial charge in [0.15, 0.2) is 11.5 Å². The van der Waals surface area contributed by atoms with Crippen LogP contribution < -0.4 is 5.73 Å². The Morgan fingerprint density at radius 2 is 2.11 bits per heavy atom. The lowest BCUT2D eigenvalue weighted by Gasteiger charge is -2.03. The molecule has 6 heteroatoms. The monoisotopic (exact) mass is 278 g/mol. The van der Waals surface area contributed by atoms with Crippen LogP contribution in [0.4, 0.5) is 10.3 Å². The molecule has 0 fully saturated rings. The predicted octanol–water partition coefficient (Wildman–Crippen LogP) is 3.98. The molecule has 96 valence electrons. The van der Waals surface area contributed by atoms with Gasteiger partial charge in [0.1, 0.15) is 5.82 Å². The van der Waals surface area contributed by atoms with Gasteiger partial charge in [0.25, 0.3) is 0 Å². The summed E-state index contributed by atoms with van der Waals surface area (Å²) >= 11 is 6.03. The molecule has 0 bridgehead atoms. The average molecular weight is 279 g/mol. The molecule has 3 rings (SSSR count). The van der Waals surface area contributed by atoms with Crippen molar-refractivity contribution in [2.24, 2.45) is 0 Å². The number of halogens is 2. The molecule has 0 saturated carbocycles. The van der Waals surface area contributed by atoms with Crippen molar-refractivity contribution in [2.75, 3.05) is 5.73 Å². The Labute approximate surface area is 112 Å². The van der Waals surface area contributed by atoms with E-state index in [2.05, 4.69) is 5.16 Å². The zero-order valence-corrected chi connectivity index (χ0v) is 10.3. The molecule has 2 aromatic heterocycles. The van der Waals surface area contributed by atoms with Gasteiger partial charge in [0, 0.05) is 5.56 Å². The van der Waals surface area contributed by atoms with Gasteiger partial charge in [-0.15, -0.1) is 0 Å². The highest BCUT2D eigenvalue weighted by atomic mass is 35.5. The van der Waals surface area contributed by atoms with Crippen molar-refractivity contribution in [3.63, 3.8) is 0 Å². The van der Waals surface area contributed by atoms with E-state index in [0.717, 1.165) is 0 Å². The van der Waals surface area contributed by atoms with E-state index in [1.807, 2.05) is 0 Å². The van der Waals surface area contributed by atoms with Gasteiger partial charge in [-0.1, -0.05) is 16.8 Å². The number of nitrogens with two attached hydrogens (primary N) is 1. The van der Waals surface area contributed by atoms with Crippen LogP contribution in [-0.4, -0.2) is 5.16 Å². The summed E-state index contributed by atoms with van der Waals surface area (Å²) in [5.41, 5.74) is 7.21. The highest BCUT2D eigenvalue weighted by Crippen LogP contribution is 2.39. The van der Waals surface area contributed by atoms with E-state index in [9.17, 15) is 4.39 Å². The molecule has 1 aromatic carbocycles. The largest absolute Gasteiger partial charge is 0.463 e. The standard InChI is InChI=1S/C13H8ClFN2O2/c14-9-6-7(15)3-4-8(9)11-12(17-19-13(11)16)10-2-1-5-18-10/h1-6H,16H2. The molecule has 2 N–H and O–H groups in total. The van der Waals surface area contributed by atoms with Crippen molar-refractivity contribution in [1.82, 2.24) is 5.16 Å².